The van der Waals surface area contributed by atoms with Gasteiger partial charge in [-0.3, -0.25) is 0 Å². The molecule has 14 heteroatoms. The number of furan rings is 1. The van der Waals surface area contributed by atoms with Gasteiger partial charge < -0.3 is 29.2 Å². The number of hydrogen-bond acceptors (Lipinski definition) is 1. The van der Waals surface area contributed by atoms with Crippen molar-refractivity contribution in [1.29, 1.82) is 0 Å². The molecule has 3 aromatic rings. The Morgan fingerprint density at radius 3 is 1.75 bits per heavy atom. The topological polar surface area (TPSA) is 13.1 Å². The minimum atomic E-state index is -6.63. The Balaban J connectivity index is 0.000000313. The third kappa shape index (κ3) is 5.20. The fourth-order valence-corrected chi connectivity index (χ4v) is 12.0. The van der Waals surface area contributed by atoms with Crippen LogP contribution in [0, 0.1) is 0 Å². The van der Waals surface area contributed by atoms with E-state index in [1.165, 1.54) is 35.8 Å². The third-order valence-electron chi connectivity index (χ3n) is 8.65. The molecule has 2 aromatic carbocycles. The smallest absolute Gasteiger partial charge is 1.00 e. The van der Waals surface area contributed by atoms with Crippen molar-refractivity contribution in [3.63, 3.8) is 0 Å². The minimum Gasteiger partial charge on any atom is -1.00 e. The standard InChI is InChI=1S/C20H12F9.C10H12OSi.2ClH.Zr/c1-11-9-13-3-2-4-15(16(13)10-11)12-5-7-14(8-6-12)17(18(21,22)23,19(24,25)26)20(27,28)29;1-6-9-7-4-11-5-8(7)10(6)12(9,2)3;;;/h2-10H,1H3;4-5,9H,1-3H3;2*1H;/q;;;;+2/p-2. The van der Waals surface area contributed by atoms with E-state index in [9.17, 15) is 39.5 Å². The average Bonchev–Trinajstić information content (AvgIpc) is 3.54. The molecule has 1 aromatic heterocycles. The first-order chi connectivity index (χ1) is 19.3. The molecule has 4 aliphatic rings. The number of halogens is 11. The van der Waals surface area contributed by atoms with E-state index in [0.29, 0.717) is 5.56 Å². The van der Waals surface area contributed by atoms with Crippen molar-refractivity contribution in [2.75, 3.05) is 0 Å². The summed E-state index contributed by atoms with van der Waals surface area (Å²) in [5.74, 6) is 0. The molecule has 0 fully saturated rings. The monoisotopic (exact) mass is 759 g/mol. The summed E-state index contributed by atoms with van der Waals surface area (Å²) in [7, 11) is -1.04. The molecular formula is C30H24Cl2F9OSiZr. The SMILES string of the molecule is CC1=C2c3cocc3C1[Si]2(C)C.CC1=Cc2c(-c3ccc(C(C(F)(F)F)(C(F)(F)F)C(F)(F)F)cc3)cccc2[CH]1[Zr+2].[Cl-].[Cl-]. The van der Waals surface area contributed by atoms with E-state index in [2.05, 4.69) is 20.0 Å². The van der Waals surface area contributed by atoms with Gasteiger partial charge in [0, 0.05) is 16.7 Å². The van der Waals surface area contributed by atoms with Crippen LogP contribution in [-0.4, -0.2) is 26.6 Å². The van der Waals surface area contributed by atoms with Crippen molar-refractivity contribution in [3.8, 4) is 11.1 Å². The second kappa shape index (κ2) is 11.8. The predicted octanol–water partition coefficient (Wildman–Crippen LogP) is 4.24. The molecule has 0 radical (unpaired) electrons. The number of rotatable bonds is 2. The zero-order chi connectivity index (χ0) is 31.2. The van der Waals surface area contributed by atoms with Crippen LogP contribution in [0.15, 0.2) is 70.6 Å². The third-order valence-corrected chi connectivity index (χ3v) is 14.7. The van der Waals surface area contributed by atoms with Crippen LogP contribution >= 0.6 is 0 Å². The Morgan fingerprint density at radius 2 is 1.27 bits per heavy atom. The molecule has 0 spiro atoms. The number of alkyl halides is 9. The molecule has 2 atom stereocenters. The van der Waals surface area contributed by atoms with Crippen molar-refractivity contribution in [2.45, 2.75) is 60.1 Å². The molecule has 0 N–H and O–H groups in total. The Bertz CT molecular complexity index is 1580. The molecule has 2 aliphatic carbocycles. The molecule has 3 heterocycles. The maximum Gasteiger partial charge on any atom is -1.00 e. The van der Waals surface area contributed by atoms with Gasteiger partial charge in [0.15, 0.2) is 0 Å². The van der Waals surface area contributed by atoms with Crippen molar-refractivity contribution in [1.82, 2.24) is 0 Å². The summed E-state index contributed by atoms with van der Waals surface area (Å²) in [6.45, 7) is 9.09. The Kier molecular flexibility index (Phi) is 9.85. The van der Waals surface area contributed by atoms with Crippen LogP contribution in [0.5, 0.6) is 0 Å². The van der Waals surface area contributed by atoms with E-state index in [1.807, 2.05) is 31.6 Å². The molecule has 0 saturated carbocycles. The quantitative estimate of drug-likeness (QED) is 0.282. The van der Waals surface area contributed by atoms with E-state index < -0.39 is 37.6 Å². The number of hydrogen-bond donors (Lipinski definition) is 0. The van der Waals surface area contributed by atoms with E-state index in [0.717, 1.165) is 34.4 Å². The summed E-state index contributed by atoms with van der Waals surface area (Å²) in [6.07, 6.45) is -14.1. The first-order valence-electron chi connectivity index (χ1n) is 12.9. The summed E-state index contributed by atoms with van der Waals surface area (Å²) in [4.78, 5) is 0. The van der Waals surface area contributed by atoms with E-state index in [-0.39, 0.29) is 46.1 Å². The first kappa shape index (κ1) is 36.7. The van der Waals surface area contributed by atoms with Crippen LogP contribution < -0.4 is 24.8 Å². The molecule has 2 aliphatic heterocycles. The zero-order valence-corrected chi connectivity index (χ0v) is 28.5. The van der Waals surface area contributed by atoms with Crippen molar-refractivity contribution in [2.24, 2.45) is 0 Å². The van der Waals surface area contributed by atoms with Gasteiger partial charge >= 0.3 is 181 Å². The number of fused-ring (bicyclic) bond motifs is 1. The number of benzene rings is 2. The molecule has 235 valence electrons. The Labute approximate surface area is 276 Å². The van der Waals surface area contributed by atoms with Crippen LogP contribution in [-0.2, 0) is 30.1 Å². The minimum absolute atomic E-state index is 0. The molecule has 1 nitrogen and oxygen atoms in total. The molecule has 44 heavy (non-hydrogen) atoms. The Morgan fingerprint density at radius 1 is 0.727 bits per heavy atom. The molecule has 7 rings (SSSR count). The van der Waals surface area contributed by atoms with Gasteiger partial charge in [0.2, 0.25) is 0 Å². The van der Waals surface area contributed by atoms with Gasteiger partial charge in [-0.05, 0) is 12.1 Å². The normalized spacial score (nSPS) is 19.9. The second-order valence-corrected chi connectivity index (χ2v) is 17.3. The van der Waals surface area contributed by atoms with Gasteiger partial charge in [0.05, 0.1) is 20.6 Å². The second-order valence-electron chi connectivity index (χ2n) is 11.4. The van der Waals surface area contributed by atoms with Crippen LogP contribution in [0.1, 0.15) is 50.8 Å². The van der Waals surface area contributed by atoms with E-state index >= 15 is 0 Å². The summed E-state index contributed by atoms with van der Waals surface area (Å²) in [5, 5.41) is 1.66. The zero-order valence-electron chi connectivity index (χ0n) is 23.5. The Hall–Kier alpha value is -1.75. The van der Waals surface area contributed by atoms with Crippen molar-refractivity contribution < 1.29 is 93.5 Å². The fraction of sp³-hybridized carbons (Fsp3) is 0.333. The summed E-state index contributed by atoms with van der Waals surface area (Å²) < 4.78 is 125. The number of allylic oxidation sites excluding steroid dienone is 2. The van der Waals surface area contributed by atoms with Crippen LogP contribution in [0.25, 0.3) is 22.4 Å². The van der Waals surface area contributed by atoms with Gasteiger partial charge in [0.1, 0.15) is 0 Å². The van der Waals surface area contributed by atoms with Gasteiger partial charge in [-0.25, -0.2) is 0 Å². The van der Waals surface area contributed by atoms with Gasteiger partial charge in [-0.1, -0.05) is 18.7 Å². The van der Waals surface area contributed by atoms with E-state index in [1.54, 1.807) is 22.9 Å². The van der Waals surface area contributed by atoms with Crippen LogP contribution in [0.3, 0.4) is 0 Å². The maximum absolute atomic E-state index is 13.3. The van der Waals surface area contributed by atoms with Crippen LogP contribution in [0.2, 0.25) is 13.1 Å². The van der Waals surface area contributed by atoms with Crippen molar-refractivity contribution >= 4 is 19.3 Å². The predicted molar refractivity (Wildman–Crippen MR) is 140 cm³/mol. The largest absolute Gasteiger partial charge is 1.00 e. The van der Waals surface area contributed by atoms with Gasteiger partial charge in [-0.15, -0.1) is 0 Å². The van der Waals surface area contributed by atoms with E-state index in [4.69, 9.17) is 4.42 Å². The summed E-state index contributed by atoms with van der Waals surface area (Å²) in [5.41, 5.74) is 0.931. The summed E-state index contributed by atoms with van der Waals surface area (Å²) in [6, 6.07) is 7.41. The molecule has 0 amide bonds. The molecular weight excluding hydrogens is 738 g/mol. The maximum atomic E-state index is 13.3. The van der Waals surface area contributed by atoms with Crippen LogP contribution in [0.4, 0.5) is 39.5 Å². The fourth-order valence-electron chi connectivity index (χ4n) is 6.85. The average molecular weight is 762 g/mol. The molecule has 0 saturated heterocycles. The summed E-state index contributed by atoms with van der Waals surface area (Å²) >= 11 is 1.21. The van der Waals surface area contributed by atoms with Gasteiger partial charge in [-0.2, -0.15) is 0 Å². The van der Waals surface area contributed by atoms with Crippen molar-refractivity contribution in [3.05, 3.63) is 94.0 Å². The molecule has 2 unspecified atom stereocenters. The molecule has 2 bridgehead atoms. The first-order valence-corrected chi connectivity index (χ1v) is 17.4. The van der Waals surface area contributed by atoms with Gasteiger partial charge in [0.25, 0.3) is 0 Å².